The Labute approximate surface area is 129 Å². The number of rotatable bonds is 3. The summed E-state index contributed by atoms with van der Waals surface area (Å²) >= 11 is 1.65. The Balaban J connectivity index is 2.38. The lowest BCUT2D eigenvalue weighted by atomic mass is 10.1. The molecule has 2 heterocycles. The van der Waals surface area contributed by atoms with Crippen molar-refractivity contribution >= 4 is 28.6 Å². The molecule has 0 radical (unpaired) electrons. The Hall–Kier alpha value is -1.28. The predicted molar refractivity (Wildman–Crippen MR) is 73.6 cm³/mol. The van der Waals surface area contributed by atoms with Crippen LogP contribution in [0, 0.1) is 3.57 Å². The van der Waals surface area contributed by atoms with Gasteiger partial charge in [-0.05, 0) is 22.6 Å². The number of carboxylic acids is 1. The van der Waals surface area contributed by atoms with Gasteiger partial charge in [0.2, 0.25) is 0 Å². The largest absolute Gasteiger partial charge is 0.479 e. The number of aliphatic hydroxyl groups excluding tert-OH is 3. The second-order valence-electron chi connectivity index (χ2n) is 4.40. The molecule has 5 N–H and O–H groups in total. The van der Waals surface area contributed by atoms with Crippen LogP contribution in [0.5, 0.6) is 0 Å². The smallest absolute Gasteiger partial charge is 0.335 e. The molecule has 0 amide bonds. The fraction of sp³-hybridized carbons (Fsp3) is 0.500. The summed E-state index contributed by atoms with van der Waals surface area (Å²) in [6, 6.07) is 0. The van der Waals surface area contributed by atoms with Gasteiger partial charge in [0.05, 0.1) is 3.57 Å². The Morgan fingerprint density at radius 3 is 2.57 bits per heavy atom. The molecular formula is C10H11IN2O8. The quantitative estimate of drug-likeness (QED) is 0.332. The first-order valence-electron chi connectivity index (χ1n) is 5.67. The van der Waals surface area contributed by atoms with Crippen molar-refractivity contribution in [2.45, 2.75) is 30.6 Å². The molecule has 2 rings (SSSR count). The molecule has 1 aromatic rings. The first kappa shape index (κ1) is 16.1. The van der Waals surface area contributed by atoms with Gasteiger partial charge >= 0.3 is 11.7 Å². The molecule has 1 aliphatic rings. The van der Waals surface area contributed by atoms with E-state index < -0.39 is 47.9 Å². The summed E-state index contributed by atoms with van der Waals surface area (Å²) in [6.45, 7) is 0. The molecule has 11 heteroatoms. The maximum absolute atomic E-state index is 11.7. The van der Waals surface area contributed by atoms with E-state index in [9.17, 15) is 29.7 Å². The highest BCUT2D eigenvalue weighted by Gasteiger charge is 2.49. The topological polar surface area (TPSA) is 162 Å². The molecule has 5 atom stereocenters. The number of aliphatic carboxylic acids is 1. The van der Waals surface area contributed by atoms with Crippen molar-refractivity contribution in [2.24, 2.45) is 0 Å². The fourth-order valence-electron chi connectivity index (χ4n) is 1.97. The first-order chi connectivity index (χ1) is 9.73. The Kier molecular flexibility index (Phi) is 4.48. The van der Waals surface area contributed by atoms with Crippen molar-refractivity contribution < 1.29 is 30.0 Å². The normalized spacial score (nSPS) is 30.3. The summed E-state index contributed by atoms with van der Waals surface area (Å²) < 4.78 is 6.01. The zero-order valence-electron chi connectivity index (χ0n) is 10.2. The number of aromatic amines is 1. The van der Waals surface area contributed by atoms with Gasteiger partial charge in [0.15, 0.2) is 12.3 Å². The molecular weight excluding hydrogens is 403 g/mol. The highest BCUT2D eigenvalue weighted by atomic mass is 127. The van der Waals surface area contributed by atoms with Crippen LogP contribution in [0.4, 0.5) is 0 Å². The Bertz CT molecular complexity index is 670. The fourth-order valence-corrected chi connectivity index (χ4v) is 2.40. The monoisotopic (exact) mass is 414 g/mol. The number of nitrogens with one attached hydrogen (secondary N) is 1. The molecule has 1 saturated heterocycles. The zero-order chi connectivity index (χ0) is 15.9. The predicted octanol–water partition coefficient (Wildman–Crippen LogP) is -2.79. The number of H-pyrrole nitrogens is 1. The molecule has 0 saturated carbocycles. The van der Waals surface area contributed by atoms with Gasteiger partial charge in [0.25, 0.3) is 5.56 Å². The van der Waals surface area contributed by atoms with E-state index in [0.29, 0.717) is 0 Å². The van der Waals surface area contributed by atoms with Crippen molar-refractivity contribution in [3.05, 3.63) is 30.6 Å². The highest BCUT2D eigenvalue weighted by molar-refractivity contribution is 14.1. The summed E-state index contributed by atoms with van der Waals surface area (Å²) in [7, 11) is 0. The SMILES string of the molecule is O=C(O)[C@H](O)[C@@H]1O[C@H](n2cc(I)c(=O)[nH]c2=O)[C@H](O)[C@@H]1O. The maximum atomic E-state index is 11.7. The van der Waals surface area contributed by atoms with E-state index in [2.05, 4.69) is 0 Å². The van der Waals surface area contributed by atoms with Gasteiger partial charge in [-0.2, -0.15) is 0 Å². The van der Waals surface area contributed by atoms with Gasteiger partial charge in [-0.3, -0.25) is 14.3 Å². The molecule has 0 bridgehead atoms. The lowest BCUT2D eigenvalue weighted by Gasteiger charge is -2.18. The van der Waals surface area contributed by atoms with Crippen LogP contribution >= 0.6 is 22.6 Å². The Morgan fingerprint density at radius 2 is 2.00 bits per heavy atom. The minimum atomic E-state index is -2.07. The van der Waals surface area contributed by atoms with Gasteiger partial charge in [0, 0.05) is 6.20 Å². The van der Waals surface area contributed by atoms with Crippen molar-refractivity contribution in [3.8, 4) is 0 Å². The second kappa shape index (κ2) is 5.84. The third-order valence-corrected chi connectivity index (χ3v) is 3.81. The van der Waals surface area contributed by atoms with Crippen LogP contribution in [0.2, 0.25) is 0 Å². The van der Waals surface area contributed by atoms with Crippen LogP contribution in [0.1, 0.15) is 6.23 Å². The van der Waals surface area contributed by atoms with Crippen LogP contribution in [-0.2, 0) is 9.53 Å². The standard InChI is InChI=1S/C10H11IN2O8/c11-2-1-13(10(20)12-7(2)17)8-4(15)3(14)6(21-8)5(16)9(18)19/h1,3-6,8,14-16H,(H,18,19)(H,12,17,20)/t3-,4+,5+,6+,8-/m0/s1. The number of ether oxygens (including phenoxy) is 1. The molecule has 1 aromatic heterocycles. The number of hydrogen-bond donors (Lipinski definition) is 5. The number of carboxylic acid groups (broad SMARTS) is 1. The van der Waals surface area contributed by atoms with Gasteiger partial charge in [-0.15, -0.1) is 0 Å². The molecule has 0 aliphatic carbocycles. The molecule has 116 valence electrons. The number of nitrogens with zero attached hydrogens (tertiary/aromatic N) is 1. The van der Waals surface area contributed by atoms with Crippen LogP contribution in [0.3, 0.4) is 0 Å². The first-order valence-corrected chi connectivity index (χ1v) is 6.75. The molecule has 21 heavy (non-hydrogen) atoms. The number of carbonyl (C=O) groups is 1. The van der Waals surface area contributed by atoms with E-state index in [4.69, 9.17) is 9.84 Å². The third-order valence-electron chi connectivity index (χ3n) is 3.04. The maximum Gasteiger partial charge on any atom is 0.335 e. The molecule has 1 fully saturated rings. The second-order valence-corrected chi connectivity index (χ2v) is 5.56. The molecule has 1 aliphatic heterocycles. The van der Waals surface area contributed by atoms with E-state index >= 15 is 0 Å². The molecule has 10 nitrogen and oxygen atoms in total. The lowest BCUT2D eigenvalue weighted by Crippen LogP contribution is -2.42. The van der Waals surface area contributed by atoms with E-state index in [1.807, 2.05) is 4.98 Å². The lowest BCUT2D eigenvalue weighted by molar-refractivity contribution is -0.160. The van der Waals surface area contributed by atoms with Gasteiger partial charge in [-0.1, -0.05) is 0 Å². The highest BCUT2D eigenvalue weighted by Crippen LogP contribution is 2.30. The summed E-state index contributed by atoms with van der Waals surface area (Å²) in [6.07, 6.45) is -7.38. The minimum absolute atomic E-state index is 0.125. The van der Waals surface area contributed by atoms with Crippen LogP contribution < -0.4 is 11.2 Å². The summed E-state index contributed by atoms with van der Waals surface area (Å²) in [5.74, 6) is -1.64. The Morgan fingerprint density at radius 1 is 1.38 bits per heavy atom. The minimum Gasteiger partial charge on any atom is -0.479 e. The average Bonchev–Trinajstić information content (AvgIpc) is 2.70. The van der Waals surface area contributed by atoms with E-state index in [1.54, 1.807) is 22.6 Å². The van der Waals surface area contributed by atoms with Crippen molar-refractivity contribution in [1.29, 1.82) is 0 Å². The van der Waals surface area contributed by atoms with E-state index in [-0.39, 0.29) is 3.57 Å². The van der Waals surface area contributed by atoms with Crippen molar-refractivity contribution in [2.75, 3.05) is 0 Å². The van der Waals surface area contributed by atoms with Crippen LogP contribution in [-0.4, -0.2) is 60.4 Å². The average molecular weight is 414 g/mol. The zero-order valence-corrected chi connectivity index (χ0v) is 12.4. The van der Waals surface area contributed by atoms with Crippen molar-refractivity contribution in [1.82, 2.24) is 9.55 Å². The van der Waals surface area contributed by atoms with Crippen LogP contribution in [0.15, 0.2) is 15.8 Å². The molecule has 0 unspecified atom stereocenters. The number of aromatic nitrogens is 2. The summed E-state index contributed by atoms with van der Waals surface area (Å²) in [5.41, 5.74) is -1.53. The van der Waals surface area contributed by atoms with Crippen LogP contribution in [0.25, 0.3) is 0 Å². The van der Waals surface area contributed by atoms with Gasteiger partial charge in [-0.25, -0.2) is 9.59 Å². The molecule has 0 spiro atoms. The van der Waals surface area contributed by atoms with Gasteiger partial charge < -0.3 is 25.2 Å². The van der Waals surface area contributed by atoms with E-state index in [1.165, 1.54) is 0 Å². The number of aliphatic hydroxyl groups is 3. The summed E-state index contributed by atoms with van der Waals surface area (Å²) in [5, 5.41) is 37.7. The third kappa shape index (κ3) is 2.87. The number of halogens is 1. The molecule has 0 aromatic carbocycles. The van der Waals surface area contributed by atoms with E-state index in [0.717, 1.165) is 10.8 Å². The summed E-state index contributed by atoms with van der Waals surface area (Å²) in [4.78, 5) is 35.6. The van der Waals surface area contributed by atoms with Crippen molar-refractivity contribution in [3.63, 3.8) is 0 Å². The number of hydrogen-bond acceptors (Lipinski definition) is 7. The van der Waals surface area contributed by atoms with Gasteiger partial charge in [0.1, 0.15) is 18.3 Å².